The maximum Gasteiger partial charge on any atom is 0.240 e. The second kappa shape index (κ2) is 7.31. The van der Waals surface area contributed by atoms with Crippen LogP contribution in [0, 0.1) is 0 Å². The van der Waals surface area contributed by atoms with Crippen LogP contribution in [0.2, 0.25) is 5.02 Å². The third-order valence-corrected chi connectivity index (χ3v) is 4.46. The van der Waals surface area contributed by atoms with Gasteiger partial charge in [-0.1, -0.05) is 11.6 Å². The maximum atomic E-state index is 12.0. The summed E-state index contributed by atoms with van der Waals surface area (Å²) >= 11 is 11.4. The molecule has 0 amide bonds. The van der Waals surface area contributed by atoms with Crippen molar-refractivity contribution in [1.29, 1.82) is 0 Å². The Balaban J connectivity index is 2.77. The van der Waals surface area contributed by atoms with Crippen molar-refractivity contribution in [1.82, 2.24) is 4.72 Å². The Bertz CT molecular complexity index is 462. The van der Waals surface area contributed by atoms with Crippen LogP contribution in [0.4, 0.5) is 0 Å². The lowest BCUT2D eigenvalue weighted by atomic mass is 10.3. The molecule has 0 aliphatic heterocycles. The molecular formula is C11H15Cl2NO3S. The van der Waals surface area contributed by atoms with Gasteiger partial charge in [0.25, 0.3) is 0 Å². The van der Waals surface area contributed by atoms with Gasteiger partial charge in [-0.25, -0.2) is 13.1 Å². The molecule has 0 heterocycles. The fourth-order valence-electron chi connectivity index (χ4n) is 1.33. The van der Waals surface area contributed by atoms with Gasteiger partial charge in [-0.2, -0.15) is 0 Å². The summed E-state index contributed by atoms with van der Waals surface area (Å²) in [6.07, 6.45) is 0.521. The molecule has 0 bridgehead atoms. The Hall–Kier alpha value is -0.330. The van der Waals surface area contributed by atoms with Crippen LogP contribution in [0.25, 0.3) is 0 Å². The zero-order chi connectivity index (χ0) is 13.6. The Labute approximate surface area is 117 Å². The molecule has 1 aromatic carbocycles. The first-order chi connectivity index (χ1) is 8.49. The molecule has 1 unspecified atom stereocenters. The van der Waals surface area contributed by atoms with Crippen LogP contribution in [0.1, 0.15) is 6.42 Å². The SMILES string of the molecule is COCCC(CCl)NS(=O)(=O)c1ccc(Cl)cc1. The van der Waals surface area contributed by atoms with E-state index in [2.05, 4.69) is 4.72 Å². The van der Waals surface area contributed by atoms with Gasteiger partial charge in [0.2, 0.25) is 10.0 Å². The van der Waals surface area contributed by atoms with E-state index in [9.17, 15) is 8.42 Å². The van der Waals surface area contributed by atoms with Gasteiger partial charge in [0.05, 0.1) is 4.90 Å². The molecule has 4 nitrogen and oxygen atoms in total. The van der Waals surface area contributed by atoms with Gasteiger partial charge >= 0.3 is 0 Å². The van der Waals surface area contributed by atoms with E-state index in [0.29, 0.717) is 18.1 Å². The van der Waals surface area contributed by atoms with E-state index in [4.69, 9.17) is 27.9 Å². The number of halogens is 2. The van der Waals surface area contributed by atoms with Crippen molar-refractivity contribution in [3.63, 3.8) is 0 Å². The molecule has 1 rings (SSSR count). The number of hydrogen-bond acceptors (Lipinski definition) is 3. The van der Waals surface area contributed by atoms with Gasteiger partial charge in [0, 0.05) is 30.7 Å². The molecule has 7 heteroatoms. The molecule has 0 aliphatic rings. The molecule has 1 aromatic rings. The van der Waals surface area contributed by atoms with Crippen LogP contribution in [0.5, 0.6) is 0 Å². The average molecular weight is 312 g/mol. The van der Waals surface area contributed by atoms with Crippen molar-refractivity contribution in [2.24, 2.45) is 0 Å². The molecular weight excluding hydrogens is 297 g/mol. The van der Waals surface area contributed by atoms with Crippen LogP contribution in [-0.4, -0.2) is 34.1 Å². The molecule has 0 saturated heterocycles. The second-order valence-electron chi connectivity index (χ2n) is 3.71. The van der Waals surface area contributed by atoms with Crippen molar-refractivity contribution in [3.05, 3.63) is 29.3 Å². The lowest BCUT2D eigenvalue weighted by molar-refractivity contribution is 0.188. The van der Waals surface area contributed by atoms with Crippen LogP contribution in [0.3, 0.4) is 0 Å². The van der Waals surface area contributed by atoms with E-state index in [1.54, 1.807) is 7.11 Å². The molecule has 0 aliphatic carbocycles. The summed E-state index contributed by atoms with van der Waals surface area (Å²) in [6.45, 7) is 0.445. The van der Waals surface area contributed by atoms with E-state index in [1.807, 2.05) is 0 Å². The number of ether oxygens (including phenoxy) is 1. The summed E-state index contributed by atoms with van der Waals surface area (Å²) < 4.78 is 31.5. The van der Waals surface area contributed by atoms with Crippen molar-refractivity contribution < 1.29 is 13.2 Å². The Morgan fingerprint density at radius 1 is 1.33 bits per heavy atom. The molecule has 102 valence electrons. The van der Waals surface area contributed by atoms with Gasteiger partial charge in [0.15, 0.2) is 0 Å². The topological polar surface area (TPSA) is 55.4 Å². The third-order valence-electron chi connectivity index (χ3n) is 2.30. The molecule has 0 spiro atoms. The van der Waals surface area contributed by atoms with Crippen molar-refractivity contribution in [2.45, 2.75) is 17.4 Å². The van der Waals surface area contributed by atoms with Gasteiger partial charge < -0.3 is 4.74 Å². The maximum absolute atomic E-state index is 12.0. The minimum absolute atomic E-state index is 0.166. The zero-order valence-corrected chi connectivity index (χ0v) is 12.2. The number of rotatable bonds is 7. The minimum atomic E-state index is -3.57. The highest BCUT2D eigenvalue weighted by atomic mass is 35.5. The fraction of sp³-hybridized carbons (Fsp3) is 0.455. The van der Waals surface area contributed by atoms with E-state index in [-0.39, 0.29) is 16.8 Å². The third kappa shape index (κ3) is 4.74. The predicted octanol–water partition coefficient (Wildman–Crippen LogP) is 2.26. The smallest absolute Gasteiger partial charge is 0.240 e. The summed E-state index contributed by atoms with van der Waals surface area (Å²) in [4.78, 5) is 0.166. The van der Waals surface area contributed by atoms with Crippen molar-refractivity contribution in [3.8, 4) is 0 Å². The Morgan fingerprint density at radius 3 is 2.44 bits per heavy atom. The lowest BCUT2D eigenvalue weighted by Crippen LogP contribution is -2.36. The highest BCUT2D eigenvalue weighted by Crippen LogP contribution is 2.14. The normalized spacial score (nSPS) is 13.5. The quantitative estimate of drug-likeness (QED) is 0.786. The van der Waals surface area contributed by atoms with Crippen LogP contribution >= 0.6 is 23.2 Å². The van der Waals surface area contributed by atoms with E-state index in [1.165, 1.54) is 24.3 Å². The average Bonchev–Trinajstić information content (AvgIpc) is 2.35. The predicted molar refractivity (Wildman–Crippen MR) is 72.8 cm³/mol. The molecule has 0 aromatic heterocycles. The van der Waals surface area contributed by atoms with Crippen LogP contribution in [0.15, 0.2) is 29.2 Å². The standard InChI is InChI=1S/C11H15Cl2NO3S/c1-17-7-6-10(8-12)14-18(15,16)11-4-2-9(13)3-5-11/h2-5,10,14H,6-8H2,1H3. The fourth-order valence-corrected chi connectivity index (χ4v) is 3.05. The van der Waals surface area contributed by atoms with Crippen molar-refractivity contribution >= 4 is 33.2 Å². The summed E-state index contributed by atoms with van der Waals surface area (Å²) in [5, 5.41) is 0.488. The van der Waals surface area contributed by atoms with Gasteiger partial charge in [-0.3, -0.25) is 0 Å². The van der Waals surface area contributed by atoms with Crippen LogP contribution in [-0.2, 0) is 14.8 Å². The summed E-state index contributed by atoms with van der Waals surface area (Å²) in [5.74, 6) is 0.191. The first-order valence-corrected chi connectivity index (χ1v) is 7.72. The minimum Gasteiger partial charge on any atom is -0.385 e. The summed E-state index contributed by atoms with van der Waals surface area (Å²) in [5.41, 5.74) is 0. The molecule has 0 fully saturated rings. The van der Waals surface area contributed by atoms with E-state index in [0.717, 1.165) is 0 Å². The number of alkyl halides is 1. The second-order valence-corrected chi connectivity index (χ2v) is 6.17. The first-order valence-electron chi connectivity index (χ1n) is 5.32. The highest BCUT2D eigenvalue weighted by molar-refractivity contribution is 7.89. The Kier molecular flexibility index (Phi) is 6.38. The Morgan fingerprint density at radius 2 is 1.94 bits per heavy atom. The number of sulfonamides is 1. The first kappa shape index (κ1) is 15.7. The molecule has 1 atom stereocenters. The van der Waals surface area contributed by atoms with Crippen LogP contribution < -0.4 is 4.72 Å². The van der Waals surface area contributed by atoms with Gasteiger partial charge in [-0.15, -0.1) is 11.6 Å². The van der Waals surface area contributed by atoms with E-state index >= 15 is 0 Å². The molecule has 0 saturated carbocycles. The lowest BCUT2D eigenvalue weighted by Gasteiger charge is -2.15. The molecule has 1 N–H and O–H groups in total. The number of benzene rings is 1. The zero-order valence-electron chi connectivity index (χ0n) is 9.90. The largest absolute Gasteiger partial charge is 0.385 e. The van der Waals surface area contributed by atoms with Crippen molar-refractivity contribution in [2.75, 3.05) is 19.6 Å². The number of nitrogens with one attached hydrogen (secondary N) is 1. The number of hydrogen-bond donors (Lipinski definition) is 1. The summed E-state index contributed by atoms with van der Waals surface area (Å²) in [6, 6.07) is 5.60. The van der Waals surface area contributed by atoms with Gasteiger partial charge in [0.1, 0.15) is 0 Å². The highest BCUT2D eigenvalue weighted by Gasteiger charge is 2.19. The van der Waals surface area contributed by atoms with E-state index < -0.39 is 10.0 Å². The van der Waals surface area contributed by atoms with Gasteiger partial charge in [-0.05, 0) is 30.7 Å². The summed E-state index contributed by atoms with van der Waals surface area (Å²) in [7, 11) is -2.01. The molecule has 0 radical (unpaired) electrons. The number of methoxy groups -OCH3 is 1. The monoisotopic (exact) mass is 311 g/mol. The molecule has 18 heavy (non-hydrogen) atoms.